The molecular formula is C26H25ClFN3O4S. The van der Waals surface area contributed by atoms with Crippen LogP contribution in [0.4, 0.5) is 4.39 Å². The van der Waals surface area contributed by atoms with Crippen molar-refractivity contribution >= 4 is 40.4 Å². The van der Waals surface area contributed by atoms with Crippen LogP contribution in [0.3, 0.4) is 0 Å². The number of halogens is 2. The van der Waals surface area contributed by atoms with Crippen molar-refractivity contribution in [3.63, 3.8) is 0 Å². The van der Waals surface area contributed by atoms with Crippen molar-refractivity contribution in [2.45, 2.75) is 25.9 Å². The summed E-state index contributed by atoms with van der Waals surface area (Å²) in [4.78, 5) is 32.5. The third-order valence-electron chi connectivity index (χ3n) is 5.65. The maximum absolute atomic E-state index is 13.2. The first-order chi connectivity index (χ1) is 17.4. The Balaban J connectivity index is 1.58. The number of hydrogen-bond acceptors (Lipinski definition) is 7. The van der Waals surface area contributed by atoms with Crippen LogP contribution in [0.25, 0.3) is 0 Å². The van der Waals surface area contributed by atoms with E-state index in [0.717, 1.165) is 11.1 Å². The fourth-order valence-corrected chi connectivity index (χ4v) is 5.11. The van der Waals surface area contributed by atoms with Crippen LogP contribution in [-0.2, 0) is 25.6 Å². The lowest BCUT2D eigenvalue weighted by atomic mass is 9.94. The minimum atomic E-state index is -0.572. The number of carbonyl (C=O) groups excluding carboxylic acids is 2. The van der Waals surface area contributed by atoms with E-state index < -0.39 is 12.0 Å². The van der Waals surface area contributed by atoms with Crippen molar-refractivity contribution in [1.82, 2.24) is 10.2 Å². The summed E-state index contributed by atoms with van der Waals surface area (Å²) in [7, 11) is 1.53. The molecule has 2 aromatic carbocycles. The summed E-state index contributed by atoms with van der Waals surface area (Å²) in [6.45, 7) is 2.42. The van der Waals surface area contributed by atoms with Crippen LogP contribution in [0.5, 0.6) is 0 Å². The average molecular weight is 530 g/mol. The fourth-order valence-electron chi connectivity index (χ4n) is 3.95. The van der Waals surface area contributed by atoms with Gasteiger partial charge in [-0.3, -0.25) is 4.79 Å². The number of esters is 1. The van der Waals surface area contributed by atoms with Crippen molar-refractivity contribution in [2.24, 2.45) is 4.99 Å². The van der Waals surface area contributed by atoms with Gasteiger partial charge in [0.2, 0.25) is 5.91 Å². The van der Waals surface area contributed by atoms with Crippen molar-refractivity contribution < 1.29 is 23.5 Å². The Bertz CT molecular complexity index is 1250. The molecule has 2 heterocycles. The van der Waals surface area contributed by atoms with E-state index in [1.165, 1.54) is 31.0 Å². The molecule has 1 atom stereocenters. The van der Waals surface area contributed by atoms with Crippen molar-refractivity contribution in [2.75, 3.05) is 20.3 Å². The van der Waals surface area contributed by atoms with Crippen molar-refractivity contribution in [3.05, 3.63) is 92.9 Å². The second kappa shape index (κ2) is 11.7. The first-order valence-electron chi connectivity index (χ1n) is 11.2. The van der Waals surface area contributed by atoms with Crippen LogP contribution >= 0.6 is 23.4 Å². The van der Waals surface area contributed by atoms with E-state index in [-0.39, 0.29) is 37.9 Å². The molecule has 0 unspecified atom stereocenters. The first-order valence-corrected chi connectivity index (χ1v) is 12.5. The van der Waals surface area contributed by atoms with Gasteiger partial charge in [0.05, 0.1) is 30.3 Å². The van der Waals surface area contributed by atoms with E-state index in [9.17, 15) is 14.0 Å². The monoisotopic (exact) mass is 529 g/mol. The SMILES string of the molecule is COCCOC(=O)C1=C(C)N=C2SC=C(CC(=O)NCc3ccc(F)cc3)N2[C@H]1c1cccc(Cl)c1. The Morgan fingerprint density at radius 2 is 1.97 bits per heavy atom. The molecule has 0 aromatic heterocycles. The second-order valence-corrected chi connectivity index (χ2v) is 9.43. The molecule has 7 nitrogen and oxygen atoms in total. The zero-order valence-electron chi connectivity index (χ0n) is 19.8. The summed E-state index contributed by atoms with van der Waals surface area (Å²) in [5.74, 6) is -1.05. The molecule has 0 spiro atoms. The number of fused-ring (bicyclic) bond motifs is 1. The molecular weight excluding hydrogens is 505 g/mol. The Kier molecular flexibility index (Phi) is 8.45. The number of thioether (sulfide) groups is 1. The number of methoxy groups -OCH3 is 1. The third-order valence-corrected chi connectivity index (χ3v) is 6.77. The molecule has 188 valence electrons. The minimum absolute atomic E-state index is 0.0648. The number of nitrogens with zero attached hydrogens (tertiary/aromatic N) is 2. The van der Waals surface area contributed by atoms with Gasteiger partial charge in [-0.25, -0.2) is 14.2 Å². The summed E-state index contributed by atoms with van der Waals surface area (Å²) in [6, 6.07) is 12.6. The van der Waals surface area contributed by atoms with E-state index in [2.05, 4.69) is 10.3 Å². The van der Waals surface area contributed by atoms with Crippen LogP contribution < -0.4 is 5.32 Å². The standard InChI is InChI=1S/C26H25ClFN3O4S/c1-16-23(25(33)35-11-10-34-2)24(18-4-3-5-19(27)12-18)31-21(15-36-26(31)30-16)13-22(32)29-14-17-6-8-20(28)9-7-17/h3-9,12,15,24H,10-11,13-14H2,1-2H3,(H,29,32)/t24-/m0/s1. The number of aliphatic imine (C=N–C) groups is 1. The Morgan fingerprint density at radius 3 is 2.69 bits per heavy atom. The van der Waals surface area contributed by atoms with Gasteiger partial charge in [-0.1, -0.05) is 47.6 Å². The highest BCUT2D eigenvalue weighted by Gasteiger charge is 2.41. The van der Waals surface area contributed by atoms with Gasteiger partial charge in [0.25, 0.3) is 0 Å². The van der Waals surface area contributed by atoms with Crippen LogP contribution in [0.2, 0.25) is 5.02 Å². The number of amides is 1. The molecule has 4 rings (SSSR count). The highest BCUT2D eigenvalue weighted by atomic mass is 35.5. The highest BCUT2D eigenvalue weighted by Crippen LogP contribution is 2.45. The predicted octanol–water partition coefficient (Wildman–Crippen LogP) is 4.95. The lowest BCUT2D eigenvalue weighted by Gasteiger charge is -2.36. The lowest BCUT2D eigenvalue weighted by Crippen LogP contribution is -2.38. The molecule has 2 aromatic rings. The van der Waals surface area contributed by atoms with Gasteiger partial charge in [0.1, 0.15) is 12.4 Å². The van der Waals surface area contributed by atoms with Crippen molar-refractivity contribution in [3.8, 4) is 0 Å². The zero-order valence-corrected chi connectivity index (χ0v) is 21.4. The second-order valence-electron chi connectivity index (χ2n) is 8.16. The van der Waals surface area contributed by atoms with Gasteiger partial charge in [-0.2, -0.15) is 0 Å². The van der Waals surface area contributed by atoms with E-state index in [1.807, 2.05) is 22.4 Å². The predicted molar refractivity (Wildman–Crippen MR) is 138 cm³/mol. The Hall–Kier alpha value is -3.14. The maximum Gasteiger partial charge on any atom is 0.338 e. The quantitative estimate of drug-likeness (QED) is 0.366. The lowest BCUT2D eigenvalue weighted by molar-refractivity contribution is -0.141. The number of nitrogens with one attached hydrogen (secondary N) is 1. The molecule has 2 aliphatic rings. The van der Waals surface area contributed by atoms with Gasteiger partial charge >= 0.3 is 5.97 Å². The fraction of sp³-hybridized carbons (Fsp3) is 0.269. The highest BCUT2D eigenvalue weighted by molar-refractivity contribution is 8.16. The van der Waals surface area contributed by atoms with E-state index in [0.29, 0.717) is 27.2 Å². The molecule has 0 bridgehead atoms. The molecule has 0 aliphatic carbocycles. The minimum Gasteiger partial charge on any atom is -0.460 e. The molecule has 0 radical (unpaired) electrons. The van der Waals surface area contributed by atoms with Crippen LogP contribution in [0.15, 0.2) is 75.9 Å². The van der Waals surface area contributed by atoms with Gasteiger partial charge in [-0.15, -0.1) is 0 Å². The number of hydrogen-bond donors (Lipinski definition) is 1. The zero-order chi connectivity index (χ0) is 25.7. The number of ether oxygens (including phenoxy) is 2. The largest absolute Gasteiger partial charge is 0.460 e. The number of carbonyl (C=O) groups is 2. The molecule has 10 heteroatoms. The molecule has 1 N–H and O–H groups in total. The van der Waals surface area contributed by atoms with E-state index in [1.54, 1.807) is 31.2 Å². The number of benzene rings is 2. The van der Waals surface area contributed by atoms with Gasteiger partial charge in [0, 0.05) is 24.4 Å². The summed E-state index contributed by atoms with van der Waals surface area (Å²) in [5, 5.41) is 5.91. The van der Waals surface area contributed by atoms with Crippen LogP contribution in [0.1, 0.15) is 30.5 Å². The molecule has 0 saturated heterocycles. The number of rotatable bonds is 9. The number of allylic oxidation sites excluding steroid dienone is 1. The summed E-state index contributed by atoms with van der Waals surface area (Å²) >= 11 is 7.69. The first kappa shape index (κ1) is 25.9. The smallest absolute Gasteiger partial charge is 0.338 e. The third kappa shape index (κ3) is 5.98. The molecule has 0 fully saturated rings. The van der Waals surface area contributed by atoms with E-state index >= 15 is 0 Å². The van der Waals surface area contributed by atoms with Crippen LogP contribution in [-0.4, -0.2) is 42.3 Å². The van der Waals surface area contributed by atoms with Gasteiger partial charge in [0.15, 0.2) is 5.17 Å². The molecule has 36 heavy (non-hydrogen) atoms. The Morgan fingerprint density at radius 1 is 1.19 bits per heavy atom. The Labute approximate surface area is 218 Å². The molecule has 0 saturated carbocycles. The topological polar surface area (TPSA) is 80.2 Å². The van der Waals surface area contributed by atoms with Gasteiger partial charge in [-0.05, 0) is 47.7 Å². The summed E-state index contributed by atoms with van der Waals surface area (Å²) in [5.41, 5.74) is 3.16. The van der Waals surface area contributed by atoms with E-state index in [4.69, 9.17) is 21.1 Å². The maximum atomic E-state index is 13.2. The van der Waals surface area contributed by atoms with Crippen molar-refractivity contribution in [1.29, 1.82) is 0 Å². The average Bonchev–Trinajstić information content (AvgIpc) is 3.24. The molecule has 2 aliphatic heterocycles. The van der Waals surface area contributed by atoms with Crippen LogP contribution in [0, 0.1) is 5.82 Å². The van der Waals surface area contributed by atoms with Gasteiger partial charge < -0.3 is 19.7 Å². The number of amidine groups is 1. The normalized spacial score (nSPS) is 16.9. The summed E-state index contributed by atoms with van der Waals surface area (Å²) < 4.78 is 23.6. The molecule has 1 amide bonds. The summed E-state index contributed by atoms with van der Waals surface area (Å²) in [6.07, 6.45) is 0.0648.